The van der Waals surface area contributed by atoms with E-state index in [0.717, 1.165) is 11.1 Å². The normalized spacial score (nSPS) is 12.2. The molecule has 0 aliphatic heterocycles. The van der Waals surface area contributed by atoms with Crippen LogP contribution in [0.4, 0.5) is 4.39 Å². The first kappa shape index (κ1) is 13.6. The van der Waals surface area contributed by atoms with Gasteiger partial charge >= 0.3 is 0 Å². The molecule has 0 amide bonds. The number of methoxy groups -OCH3 is 1. The Balaban J connectivity index is 2.19. The fraction of sp³-hybridized carbons (Fsp3) is 0.250. The Morgan fingerprint density at radius 3 is 2.47 bits per heavy atom. The van der Waals surface area contributed by atoms with Gasteiger partial charge in [0.25, 0.3) is 0 Å². The van der Waals surface area contributed by atoms with E-state index in [0.29, 0.717) is 5.56 Å². The first-order valence-corrected chi connectivity index (χ1v) is 6.18. The van der Waals surface area contributed by atoms with Crippen LogP contribution >= 0.6 is 0 Å². The topological polar surface area (TPSA) is 29.5 Å². The van der Waals surface area contributed by atoms with Gasteiger partial charge in [-0.2, -0.15) is 0 Å². The highest BCUT2D eigenvalue weighted by Crippen LogP contribution is 2.25. The SMILES string of the molecule is COc1cccc(CC(O)c2ccc(C)cc2)c1F. The van der Waals surface area contributed by atoms with Crippen LogP contribution in [-0.2, 0) is 6.42 Å². The maximum absolute atomic E-state index is 14.0. The van der Waals surface area contributed by atoms with Crippen molar-refractivity contribution in [3.63, 3.8) is 0 Å². The van der Waals surface area contributed by atoms with Gasteiger partial charge in [-0.25, -0.2) is 4.39 Å². The molecule has 1 unspecified atom stereocenters. The van der Waals surface area contributed by atoms with Gasteiger partial charge < -0.3 is 9.84 Å². The summed E-state index contributed by atoms with van der Waals surface area (Å²) in [5.41, 5.74) is 2.36. The third-order valence-corrected chi connectivity index (χ3v) is 3.14. The number of benzene rings is 2. The molecule has 0 aliphatic rings. The Morgan fingerprint density at radius 1 is 1.16 bits per heavy atom. The number of aliphatic hydroxyl groups excluding tert-OH is 1. The molecule has 3 heteroatoms. The highest BCUT2D eigenvalue weighted by atomic mass is 19.1. The van der Waals surface area contributed by atoms with Crippen molar-refractivity contribution in [3.8, 4) is 5.75 Å². The summed E-state index contributed by atoms with van der Waals surface area (Å²) in [5.74, 6) is -0.204. The van der Waals surface area contributed by atoms with Crippen molar-refractivity contribution in [2.24, 2.45) is 0 Å². The van der Waals surface area contributed by atoms with E-state index >= 15 is 0 Å². The summed E-state index contributed by atoms with van der Waals surface area (Å²) in [6.45, 7) is 1.98. The number of aliphatic hydroxyl groups is 1. The number of aryl methyl sites for hydroxylation is 1. The van der Waals surface area contributed by atoms with Crippen LogP contribution in [0, 0.1) is 12.7 Å². The lowest BCUT2D eigenvalue weighted by Crippen LogP contribution is -2.04. The van der Waals surface area contributed by atoms with Crippen molar-refractivity contribution in [3.05, 3.63) is 65.0 Å². The van der Waals surface area contributed by atoms with Crippen LogP contribution in [-0.4, -0.2) is 12.2 Å². The number of halogens is 1. The second kappa shape index (κ2) is 5.85. The zero-order valence-corrected chi connectivity index (χ0v) is 11.1. The Morgan fingerprint density at radius 2 is 1.84 bits per heavy atom. The summed E-state index contributed by atoms with van der Waals surface area (Å²) in [6, 6.07) is 12.5. The molecule has 2 aromatic rings. The first-order chi connectivity index (χ1) is 9.11. The molecule has 0 radical (unpaired) electrons. The standard InChI is InChI=1S/C16H17FO2/c1-11-6-8-12(9-7-11)14(18)10-13-4-3-5-15(19-2)16(13)17/h3-9,14,18H,10H2,1-2H3. The van der Waals surface area contributed by atoms with Gasteiger partial charge in [-0.1, -0.05) is 42.0 Å². The van der Waals surface area contributed by atoms with Gasteiger partial charge in [-0.3, -0.25) is 0 Å². The fourth-order valence-corrected chi connectivity index (χ4v) is 1.99. The Bertz CT molecular complexity index is 549. The van der Waals surface area contributed by atoms with Crippen LogP contribution in [0.2, 0.25) is 0 Å². The van der Waals surface area contributed by atoms with Gasteiger partial charge in [0.05, 0.1) is 13.2 Å². The minimum absolute atomic E-state index is 0.202. The van der Waals surface area contributed by atoms with E-state index in [1.54, 1.807) is 18.2 Å². The van der Waals surface area contributed by atoms with Crippen LogP contribution in [0.25, 0.3) is 0 Å². The lowest BCUT2D eigenvalue weighted by atomic mass is 10.00. The van der Waals surface area contributed by atoms with E-state index in [1.807, 2.05) is 31.2 Å². The van der Waals surface area contributed by atoms with Gasteiger partial charge in [-0.05, 0) is 24.1 Å². The van der Waals surface area contributed by atoms with E-state index in [1.165, 1.54) is 7.11 Å². The monoisotopic (exact) mass is 260 g/mol. The Kier molecular flexibility index (Phi) is 4.17. The second-order valence-electron chi connectivity index (χ2n) is 4.56. The van der Waals surface area contributed by atoms with Gasteiger partial charge in [0.15, 0.2) is 11.6 Å². The third-order valence-electron chi connectivity index (χ3n) is 3.14. The predicted octanol–water partition coefficient (Wildman–Crippen LogP) is 3.42. The quantitative estimate of drug-likeness (QED) is 0.912. The zero-order chi connectivity index (χ0) is 13.8. The molecule has 2 aromatic carbocycles. The number of hydrogen-bond donors (Lipinski definition) is 1. The second-order valence-corrected chi connectivity index (χ2v) is 4.56. The molecule has 2 rings (SSSR count). The predicted molar refractivity (Wildman–Crippen MR) is 72.8 cm³/mol. The Labute approximate surface area is 112 Å². The van der Waals surface area contributed by atoms with E-state index in [9.17, 15) is 9.50 Å². The molecule has 1 N–H and O–H groups in total. The molecule has 0 saturated carbocycles. The highest BCUT2D eigenvalue weighted by molar-refractivity contribution is 5.32. The molecule has 19 heavy (non-hydrogen) atoms. The van der Waals surface area contributed by atoms with Crippen molar-refractivity contribution in [2.45, 2.75) is 19.4 Å². The number of rotatable bonds is 4. The van der Waals surface area contributed by atoms with Gasteiger partial charge in [0.1, 0.15) is 0 Å². The molecule has 0 bridgehead atoms. The van der Waals surface area contributed by atoms with Crippen LogP contribution in [0.5, 0.6) is 5.75 Å². The third kappa shape index (κ3) is 3.12. The minimum Gasteiger partial charge on any atom is -0.494 e. The van der Waals surface area contributed by atoms with Crippen LogP contribution in [0.3, 0.4) is 0 Å². The highest BCUT2D eigenvalue weighted by Gasteiger charge is 2.14. The molecule has 100 valence electrons. The molecule has 0 heterocycles. The summed E-state index contributed by atoms with van der Waals surface area (Å²) in [6.07, 6.45) is -0.492. The first-order valence-electron chi connectivity index (χ1n) is 6.18. The van der Waals surface area contributed by atoms with Crippen molar-refractivity contribution >= 4 is 0 Å². The smallest absolute Gasteiger partial charge is 0.168 e. The summed E-state index contributed by atoms with van der Waals surface area (Å²) < 4.78 is 18.9. The van der Waals surface area contributed by atoms with E-state index in [4.69, 9.17) is 4.74 Å². The molecule has 0 fully saturated rings. The zero-order valence-electron chi connectivity index (χ0n) is 11.1. The number of hydrogen-bond acceptors (Lipinski definition) is 2. The van der Waals surface area contributed by atoms with E-state index in [-0.39, 0.29) is 12.2 Å². The van der Waals surface area contributed by atoms with Crippen molar-refractivity contribution < 1.29 is 14.2 Å². The van der Waals surface area contributed by atoms with E-state index in [2.05, 4.69) is 0 Å². The lowest BCUT2D eigenvalue weighted by Gasteiger charge is -2.13. The van der Waals surface area contributed by atoms with Gasteiger partial charge in [0.2, 0.25) is 0 Å². The molecular weight excluding hydrogens is 243 g/mol. The maximum atomic E-state index is 14.0. The average Bonchev–Trinajstić information content (AvgIpc) is 2.42. The van der Waals surface area contributed by atoms with Gasteiger partial charge in [-0.15, -0.1) is 0 Å². The average molecular weight is 260 g/mol. The summed E-state index contributed by atoms with van der Waals surface area (Å²) in [7, 11) is 1.43. The van der Waals surface area contributed by atoms with Crippen molar-refractivity contribution in [2.75, 3.05) is 7.11 Å². The van der Waals surface area contributed by atoms with Gasteiger partial charge in [0, 0.05) is 6.42 Å². The summed E-state index contributed by atoms with van der Waals surface area (Å²) in [4.78, 5) is 0. The number of ether oxygens (including phenoxy) is 1. The summed E-state index contributed by atoms with van der Waals surface area (Å²) in [5, 5.41) is 10.1. The van der Waals surface area contributed by atoms with E-state index < -0.39 is 11.9 Å². The molecule has 0 aliphatic carbocycles. The van der Waals surface area contributed by atoms with Crippen LogP contribution in [0.1, 0.15) is 22.8 Å². The largest absolute Gasteiger partial charge is 0.494 e. The summed E-state index contributed by atoms with van der Waals surface area (Å²) >= 11 is 0. The molecule has 2 nitrogen and oxygen atoms in total. The van der Waals surface area contributed by atoms with Crippen LogP contribution < -0.4 is 4.74 Å². The Hall–Kier alpha value is -1.87. The molecular formula is C16H17FO2. The molecule has 0 saturated heterocycles. The maximum Gasteiger partial charge on any atom is 0.168 e. The molecule has 1 atom stereocenters. The van der Waals surface area contributed by atoms with Crippen LogP contribution in [0.15, 0.2) is 42.5 Å². The fourth-order valence-electron chi connectivity index (χ4n) is 1.99. The lowest BCUT2D eigenvalue weighted by molar-refractivity contribution is 0.177. The molecule has 0 aromatic heterocycles. The minimum atomic E-state index is -0.720. The van der Waals surface area contributed by atoms with Crippen molar-refractivity contribution in [1.82, 2.24) is 0 Å². The van der Waals surface area contributed by atoms with Crippen molar-refractivity contribution in [1.29, 1.82) is 0 Å². The molecule has 0 spiro atoms.